The fourth-order valence-corrected chi connectivity index (χ4v) is 4.34. The molecule has 0 saturated carbocycles. The van der Waals surface area contributed by atoms with Crippen LogP contribution in [0, 0.1) is 30.3 Å². The van der Waals surface area contributed by atoms with Gasteiger partial charge in [-0.1, -0.05) is 6.07 Å². The summed E-state index contributed by atoms with van der Waals surface area (Å²) in [5, 5.41) is 52.4. The van der Waals surface area contributed by atoms with Crippen LogP contribution in [0.5, 0.6) is 5.75 Å². The van der Waals surface area contributed by atoms with Crippen molar-refractivity contribution in [1.82, 2.24) is 0 Å². The molecule has 4 rings (SSSR count). The van der Waals surface area contributed by atoms with Crippen LogP contribution in [0.3, 0.4) is 0 Å². The maximum atomic E-state index is 12.9. The Bertz CT molecular complexity index is 2230. The molecule has 0 aliphatic rings. The van der Waals surface area contributed by atoms with Crippen LogP contribution in [0.25, 0.3) is 0 Å². The molecule has 45 heavy (non-hydrogen) atoms. The van der Waals surface area contributed by atoms with E-state index < -0.39 is 79.9 Å². The Hall–Kier alpha value is -6.61. The van der Waals surface area contributed by atoms with Crippen LogP contribution >= 0.6 is 0 Å². The molecule has 230 valence electrons. The number of anilines is 4. The topological polar surface area (TPSA) is 299 Å². The number of hydrogen-bond donors (Lipinski definition) is 5. The molecule has 21 heteroatoms. The van der Waals surface area contributed by atoms with Gasteiger partial charge >= 0.3 is 5.69 Å². The Morgan fingerprint density at radius 2 is 1.42 bits per heavy atom. The van der Waals surface area contributed by atoms with E-state index in [-0.39, 0.29) is 17.1 Å². The van der Waals surface area contributed by atoms with Gasteiger partial charge in [-0.25, -0.2) is 0 Å². The molecule has 4 aromatic rings. The molecule has 0 aliphatic carbocycles. The maximum Gasteiger partial charge on any atom is 0.319 e. The minimum absolute atomic E-state index is 0.156. The highest BCUT2D eigenvalue weighted by atomic mass is 32.2. The first-order chi connectivity index (χ1) is 21.1. The van der Waals surface area contributed by atoms with Crippen molar-refractivity contribution in [3.05, 3.63) is 128 Å². The molecule has 0 atom stereocenters. The molecule has 20 nitrogen and oxygen atoms in total. The molecule has 5 N–H and O–H groups in total. The summed E-state index contributed by atoms with van der Waals surface area (Å²) in [7, 11) is -4.87. The van der Waals surface area contributed by atoms with E-state index in [9.17, 15) is 58.0 Å². The first-order valence-corrected chi connectivity index (χ1v) is 13.3. The van der Waals surface area contributed by atoms with Gasteiger partial charge < -0.3 is 10.4 Å². The van der Waals surface area contributed by atoms with Gasteiger partial charge in [0.2, 0.25) is 16.6 Å². The Morgan fingerprint density at radius 3 is 2.07 bits per heavy atom. The summed E-state index contributed by atoms with van der Waals surface area (Å²) in [6.07, 6.45) is 0. The predicted octanol–water partition coefficient (Wildman–Crippen LogP) is 1.56. The first kappa shape index (κ1) is 31.3. The number of hydrogen-bond acceptors (Lipinski definition) is 16. The number of phenols is 1. The zero-order chi connectivity index (χ0) is 33.1. The Labute approximate surface area is 248 Å². The number of nitro benzene ring substituents is 3. The van der Waals surface area contributed by atoms with Crippen molar-refractivity contribution < 1.29 is 32.8 Å². The third-order valence-electron chi connectivity index (χ3n) is 5.74. The van der Waals surface area contributed by atoms with E-state index in [1.54, 1.807) is 0 Å². The monoisotopic (exact) mass is 640 g/mol. The predicted molar refractivity (Wildman–Crippen MR) is 154 cm³/mol. The van der Waals surface area contributed by atoms with Crippen molar-refractivity contribution in [2.45, 2.75) is 4.90 Å². The second-order valence-corrected chi connectivity index (χ2v) is 10.1. The number of nitrogens with one attached hydrogen (secondary N) is 3. The molecule has 0 bridgehead atoms. The van der Waals surface area contributed by atoms with Gasteiger partial charge in [-0.15, -0.1) is 0 Å². The third kappa shape index (κ3) is 7.07. The molecule has 0 spiro atoms. The van der Waals surface area contributed by atoms with Crippen LogP contribution < -0.4 is 37.7 Å². The second-order valence-electron chi connectivity index (χ2n) is 8.70. The van der Waals surface area contributed by atoms with E-state index in [1.165, 1.54) is 24.3 Å². The maximum absolute atomic E-state index is 12.9. The van der Waals surface area contributed by atoms with Crippen molar-refractivity contribution in [3.63, 3.8) is 0 Å². The number of nitro groups is 3. The molecule has 0 aromatic heterocycles. The highest BCUT2D eigenvalue weighted by molar-refractivity contribution is 7.86. The standard InChI is InChI=1S/C24H16N8O12S/c33-20-7-6-17(27-28-18-9-15(31(38)39)10-19(23(18)34)32(40)41)24(35)22(20)29-26-13-3-1-2-12(8-13)25-16-5-4-14(30(36)37)11-21(16)45(42,43)44/h1-11,25-26,28,34H,(H,42,43,44). The quantitative estimate of drug-likeness (QED) is 0.0711. The normalized spacial score (nSPS) is 12.0. The van der Waals surface area contributed by atoms with Gasteiger partial charge in [0.05, 0.1) is 32.2 Å². The van der Waals surface area contributed by atoms with Crippen LogP contribution in [0.15, 0.2) is 91.4 Å². The van der Waals surface area contributed by atoms with Gasteiger partial charge in [0.15, 0.2) is 5.36 Å². The van der Waals surface area contributed by atoms with Crippen molar-refractivity contribution in [2.75, 3.05) is 16.2 Å². The van der Waals surface area contributed by atoms with Gasteiger partial charge in [-0.3, -0.25) is 55.3 Å². The zero-order valence-corrected chi connectivity index (χ0v) is 22.8. The molecule has 0 saturated heterocycles. The van der Waals surface area contributed by atoms with Gasteiger partial charge in [0.25, 0.3) is 21.5 Å². The number of rotatable bonds is 10. The molecular formula is C24H16N8O12S. The second kappa shape index (κ2) is 12.3. The van der Waals surface area contributed by atoms with Crippen LogP contribution in [0.2, 0.25) is 0 Å². The van der Waals surface area contributed by atoms with Crippen LogP contribution in [0.4, 0.5) is 39.8 Å². The van der Waals surface area contributed by atoms with E-state index >= 15 is 0 Å². The van der Waals surface area contributed by atoms with Crippen molar-refractivity contribution in [1.29, 1.82) is 0 Å². The van der Waals surface area contributed by atoms with Crippen molar-refractivity contribution in [3.8, 4) is 5.75 Å². The lowest BCUT2D eigenvalue weighted by Gasteiger charge is -2.11. The number of benzene rings is 4. The summed E-state index contributed by atoms with van der Waals surface area (Å²) in [5.74, 6) is -1.00. The fourth-order valence-electron chi connectivity index (χ4n) is 3.67. The molecule has 4 aromatic carbocycles. The molecular weight excluding hydrogens is 624 g/mol. The average molecular weight is 641 g/mol. The minimum atomic E-state index is -4.87. The Kier molecular flexibility index (Phi) is 8.58. The SMILES string of the molecule is O=c1ccc(=NNc2cc([N+](=O)[O-])cc([N+](=O)[O-])c2O)c(=O)c1=NNc1cccc(Nc2ccc([N+](=O)[O-])cc2S(=O)(=O)O)c1. The Balaban J connectivity index is 1.65. The highest BCUT2D eigenvalue weighted by Gasteiger charge is 2.24. The molecule has 0 aliphatic heterocycles. The molecule has 0 unspecified atom stereocenters. The molecule has 0 radical (unpaired) electrons. The third-order valence-corrected chi connectivity index (χ3v) is 6.64. The van der Waals surface area contributed by atoms with E-state index in [0.717, 1.165) is 30.3 Å². The summed E-state index contributed by atoms with van der Waals surface area (Å²) in [4.78, 5) is 54.9. The minimum Gasteiger partial charge on any atom is -0.501 e. The highest BCUT2D eigenvalue weighted by Crippen LogP contribution is 2.38. The van der Waals surface area contributed by atoms with Crippen LogP contribution in [0.1, 0.15) is 0 Å². The summed E-state index contributed by atoms with van der Waals surface area (Å²) in [5.41, 5.74) is -0.0722. The van der Waals surface area contributed by atoms with Gasteiger partial charge in [-0.05, 0) is 36.4 Å². The van der Waals surface area contributed by atoms with Crippen LogP contribution in [-0.4, -0.2) is 32.8 Å². The van der Waals surface area contributed by atoms with E-state index in [1.807, 2.05) is 0 Å². The number of non-ortho nitro benzene ring substituents is 2. The fraction of sp³-hybridized carbons (Fsp3) is 0. The summed E-state index contributed by atoms with van der Waals surface area (Å²) in [6, 6.07) is 11.6. The number of aromatic hydroxyl groups is 1. The summed E-state index contributed by atoms with van der Waals surface area (Å²) >= 11 is 0. The number of phenolic OH excluding ortho intramolecular Hbond substituents is 1. The molecule has 0 fully saturated rings. The lowest BCUT2D eigenvalue weighted by Crippen LogP contribution is -2.47. The average Bonchev–Trinajstić information content (AvgIpc) is 2.96. The smallest absolute Gasteiger partial charge is 0.319 e. The Morgan fingerprint density at radius 1 is 0.733 bits per heavy atom. The van der Waals surface area contributed by atoms with Crippen LogP contribution in [-0.2, 0) is 10.1 Å². The first-order valence-electron chi connectivity index (χ1n) is 11.9. The lowest BCUT2D eigenvalue weighted by atomic mass is 10.2. The van der Waals surface area contributed by atoms with Gasteiger partial charge in [0.1, 0.15) is 15.9 Å². The zero-order valence-electron chi connectivity index (χ0n) is 22.0. The van der Waals surface area contributed by atoms with Crippen molar-refractivity contribution >= 4 is 49.9 Å². The summed E-state index contributed by atoms with van der Waals surface area (Å²) in [6.45, 7) is 0. The van der Waals surface area contributed by atoms with Crippen molar-refractivity contribution in [2.24, 2.45) is 10.2 Å². The molecule has 0 heterocycles. The summed E-state index contributed by atoms with van der Waals surface area (Å²) < 4.78 is 33.1. The van der Waals surface area contributed by atoms with E-state index in [2.05, 4.69) is 26.4 Å². The number of nitrogens with zero attached hydrogens (tertiary/aromatic N) is 5. The largest absolute Gasteiger partial charge is 0.501 e. The lowest BCUT2D eigenvalue weighted by molar-refractivity contribution is -0.394. The molecule has 0 amide bonds. The van der Waals surface area contributed by atoms with E-state index in [0.29, 0.717) is 12.1 Å². The van der Waals surface area contributed by atoms with Gasteiger partial charge in [-0.2, -0.15) is 18.6 Å². The van der Waals surface area contributed by atoms with E-state index in [4.69, 9.17) is 0 Å². The van der Waals surface area contributed by atoms with Gasteiger partial charge in [0, 0.05) is 23.9 Å².